The number of rotatable bonds is 14. The van der Waals surface area contributed by atoms with Crippen LogP contribution >= 0.6 is 0 Å². The van der Waals surface area contributed by atoms with E-state index in [1.165, 1.54) is 25.7 Å². The van der Waals surface area contributed by atoms with Gasteiger partial charge in [-0.15, -0.1) is 0 Å². The van der Waals surface area contributed by atoms with Crippen LogP contribution in [0.2, 0.25) is 0 Å². The second-order valence-corrected chi connectivity index (χ2v) is 8.23. The van der Waals surface area contributed by atoms with Crippen LogP contribution in [0.15, 0.2) is 24.3 Å². The average Bonchev–Trinajstić information content (AvgIpc) is 2.95. The first-order chi connectivity index (χ1) is 13.5. The minimum absolute atomic E-state index is 0.0422. The Hall–Kier alpha value is -1.13. The number of methoxy groups -OCH3 is 1. The predicted molar refractivity (Wildman–Crippen MR) is 115 cm³/mol. The zero-order valence-corrected chi connectivity index (χ0v) is 18.4. The molecule has 4 heteroatoms. The van der Waals surface area contributed by atoms with Crippen LogP contribution in [0.5, 0.6) is 0 Å². The van der Waals surface area contributed by atoms with Gasteiger partial charge in [-0.1, -0.05) is 50.5 Å². The quantitative estimate of drug-likeness (QED) is 0.237. The van der Waals surface area contributed by atoms with Gasteiger partial charge in [0.15, 0.2) is 0 Å². The minimum Gasteiger partial charge on any atom is -0.463 e. The molecule has 1 rings (SSSR count). The van der Waals surface area contributed by atoms with Crippen molar-refractivity contribution in [1.29, 1.82) is 0 Å². The van der Waals surface area contributed by atoms with E-state index >= 15 is 0 Å². The van der Waals surface area contributed by atoms with Crippen molar-refractivity contribution in [3.05, 3.63) is 24.3 Å². The first-order valence-corrected chi connectivity index (χ1v) is 11.2. The highest BCUT2D eigenvalue weighted by Crippen LogP contribution is 2.38. The molecule has 0 aromatic rings. The molecule has 4 atom stereocenters. The number of aliphatic hydroxyl groups is 1. The van der Waals surface area contributed by atoms with E-state index in [1.54, 1.807) is 7.11 Å². The van der Waals surface area contributed by atoms with Gasteiger partial charge in [-0.05, 0) is 51.9 Å². The van der Waals surface area contributed by atoms with Crippen molar-refractivity contribution < 1.29 is 19.4 Å². The van der Waals surface area contributed by atoms with Crippen molar-refractivity contribution in [3.63, 3.8) is 0 Å². The molecule has 0 bridgehead atoms. The van der Waals surface area contributed by atoms with Crippen LogP contribution in [0, 0.1) is 11.8 Å². The Morgan fingerprint density at radius 2 is 1.86 bits per heavy atom. The van der Waals surface area contributed by atoms with Crippen molar-refractivity contribution in [3.8, 4) is 0 Å². The largest absolute Gasteiger partial charge is 0.463 e. The van der Waals surface area contributed by atoms with Crippen LogP contribution in [0.25, 0.3) is 0 Å². The molecule has 28 heavy (non-hydrogen) atoms. The number of hydrogen-bond acceptors (Lipinski definition) is 4. The SMILES string of the molecule is CCCCCCC=CC1C(O)CC(OC)C1CC=CCCCC(=O)OC(C)C. The van der Waals surface area contributed by atoms with E-state index in [0.29, 0.717) is 18.8 Å². The molecule has 4 unspecified atom stereocenters. The van der Waals surface area contributed by atoms with Gasteiger partial charge in [-0.3, -0.25) is 4.79 Å². The number of carbonyl (C=O) groups is 1. The maximum absolute atomic E-state index is 11.5. The minimum atomic E-state index is -0.318. The van der Waals surface area contributed by atoms with Gasteiger partial charge in [0.05, 0.1) is 18.3 Å². The lowest BCUT2D eigenvalue weighted by molar-refractivity contribution is -0.147. The summed E-state index contributed by atoms with van der Waals surface area (Å²) in [6.45, 7) is 5.97. The molecule has 0 spiro atoms. The van der Waals surface area contributed by atoms with E-state index in [4.69, 9.17) is 9.47 Å². The molecule has 0 radical (unpaired) electrons. The molecule has 0 amide bonds. The normalized spacial score (nSPS) is 25.4. The van der Waals surface area contributed by atoms with Gasteiger partial charge in [0.25, 0.3) is 0 Å². The zero-order chi connectivity index (χ0) is 20.8. The maximum atomic E-state index is 11.5. The molecule has 0 aliphatic heterocycles. The summed E-state index contributed by atoms with van der Waals surface area (Å²) in [7, 11) is 1.74. The van der Waals surface area contributed by atoms with Crippen LogP contribution < -0.4 is 0 Å². The Labute approximate surface area is 172 Å². The molecule has 1 aliphatic rings. The van der Waals surface area contributed by atoms with Crippen molar-refractivity contribution in [2.75, 3.05) is 7.11 Å². The van der Waals surface area contributed by atoms with E-state index in [1.807, 2.05) is 13.8 Å². The summed E-state index contributed by atoms with van der Waals surface area (Å²) in [5.74, 6) is 0.363. The first kappa shape index (κ1) is 24.9. The van der Waals surface area contributed by atoms with E-state index < -0.39 is 0 Å². The lowest BCUT2D eigenvalue weighted by atomic mass is 9.89. The molecular weight excluding hydrogens is 352 g/mol. The van der Waals surface area contributed by atoms with Crippen LogP contribution in [-0.4, -0.2) is 36.5 Å². The highest BCUT2D eigenvalue weighted by Gasteiger charge is 2.40. The van der Waals surface area contributed by atoms with E-state index in [9.17, 15) is 9.90 Å². The fraction of sp³-hybridized carbons (Fsp3) is 0.792. The van der Waals surface area contributed by atoms with Gasteiger partial charge in [0.1, 0.15) is 0 Å². The van der Waals surface area contributed by atoms with Gasteiger partial charge in [0.2, 0.25) is 0 Å². The molecule has 0 aromatic carbocycles. The average molecular weight is 395 g/mol. The van der Waals surface area contributed by atoms with Crippen molar-refractivity contribution >= 4 is 5.97 Å². The fourth-order valence-electron chi connectivity index (χ4n) is 3.95. The summed E-state index contributed by atoms with van der Waals surface area (Å²) in [5, 5.41) is 10.5. The molecule has 1 aliphatic carbocycles. The number of ether oxygens (including phenoxy) is 2. The Bertz CT molecular complexity index is 469. The van der Waals surface area contributed by atoms with Gasteiger partial charge in [-0.25, -0.2) is 0 Å². The second kappa shape index (κ2) is 14.8. The maximum Gasteiger partial charge on any atom is 0.306 e. The Kier molecular flexibility index (Phi) is 13.2. The molecule has 1 N–H and O–H groups in total. The number of carbonyl (C=O) groups excluding carboxylic acids is 1. The molecule has 0 saturated heterocycles. The summed E-state index contributed by atoms with van der Waals surface area (Å²) in [4.78, 5) is 11.5. The summed E-state index contributed by atoms with van der Waals surface area (Å²) >= 11 is 0. The van der Waals surface area contributed by atoms with E-state index in [-0.39, 0.29) is 30.2 Å². The lowest BCUT2D eigenvalue weighted by Gasteiger charge is -2.21. The third kappa shape index (κ3) is 9.88. The van der Waals surface area contributed by atoms with Crippen molar-refractivity contribution in [2.45, 2.75) is 103 Å². The van der Waals surface area contributed by atoms with Crippen LogP contribution in [0.4, 0.5) is 0 Å². The second-order valence-electron chi connectivity index (χ2n) is 8.23. The van der Waals surface area contributed by atoms with Crippen LogP contribution in [0.3, 0.4) is 0 Å². The highest BCUT2D eigenvalue weighted by molar-refractivity contribution is 5.69. The molecule has 0 heterocycles. The number of hydrogen-bond donors (Lipinski definition) is 1. The fourth-order valence-corrected chi connectivity index (χ4v) is 3.95. The predicted octanol–water partition coefficient (Wildman–Crippen LogP) is 5.59. The van der Waals surface area contributed by atoms with Gasteiger partial charge >= 0.3 is 5.97 Å². The third-order valence-corrected chi connectivity index (χ3v) is 5.47. The molecule has 4 nitrogen and oxygen atoms in total. The van der Waals surface area contributed by atoms with Crippen LogP contribution in [-0.2, 0) is 14.3 Å². The molecular formula is C24H42O4. The van der Waals surface area contributed by atoms with Gasteiger partial charge in [0, 0.05) is 25.9 Å². The zero-order valence-electron chi connectivity index (χ0n) is 18.4. The number of esters is 1. The summed E-state index contributed by atoms with van der Waals surface area (Å²) < 4.78 is 10.8. The van der Waals surface area contributed by atoms with E-state index in [0.717, 1.165) is 25.7 Å². The highest BCUT2D eigenvalue weighted by atomic mass is 16.5. The first-order valence-electron chi connectivity index (χ1n) is 11.2. The van der Waals surface area contributed by atoms with Gasteiger partial charge < -0.3 is 14.6 Å². The molecule has 0 aromatic heterocycles. The Morgan fingerprint density at radius 3 is 2.54 bits per heavy atom. The lowest BCUT2D eigenvalue weighted by Crippen LogP contribution is -2.21. The van der Waals surface area contributed by atoms with Crippen molar-refractivity contribution in [1.82, 2.24) is 0 Å². The third-order valence-electron chi connectivity index (χ3n) is 5.47. The monoisotopic (exact) mass is 394 g/mol. The molecule has 1 saturated carbocycles. The molecule has 1 fully saturated rings. The topological polar surface area (TPSA) is 55.8 Å². The Morgan fingerprint density at radius 1 is 1.11 bits per heavy atom. The van der Waals surface area contributed by atoms with Gasteiger partial charge in [-0.2, -0.15) is 0 Å². The Balaban J connectivity index is 2.41. The standard InChI is InChI=1S/C24H42O4/c1-5-6-7-8-9-12-15-20-21(23(27-4)18-22(20)25)16-13-10-11-14-17-24(26)28-19(2)3/h10,12-13,15,19-23,25H,5-9,11,14,16-18H2,1-4H3. The summed E-state index contributed by atoms with van der Waals surface area (Å²) in [6, 6.07) is 0. The number of allylic oxidation sites excluding steroid dienone is 3. The number of unbranched alkanes of at least 4 members (excludes halogenated alkanes) is 5. The summed E-state index contributed by atoms with van der Waals surface area (Å²) in [5.41, 5.74) is 0. The van der Waals surface area contributed by atoms with E-state index in [2.05, 4.69) is 31.2 Å². The van der Waals surface area contributed by atoms with Crippen molar-refractivity contribution in [2.24, 2.45) is 11.8 Å². The number of aliphatic hydroxyl groups excluding tert-OH is 1. The van der Waals surface area contributed by atoms with Crippen LogP contribution in [0.1, 0.15) is 85.0 Å². The summed E-state index contributed by atoms with van der Waals surface area (Å²) in [6.07, 6.45) is 18.5. The molecule has 162 valence electrons. The smallest absolute Gasteiger partial charge is 0.306 e.